The molecule has 0 saturated heterocycles. The van der Waals surface area contributed by atoms with E-state index in [9.17, 15) is 14.9 Å². The van der Waals surface area contributed by atoms with Crippen molar-refractivity contribution in [2.75, 3.05) is 5.01 Å². The SMILES string of the molecule is CC1=NN(c2nc(-c3ccc(C)cc3)cs2)C(=O)[C@@H]1[C@@H](c1ccccc1)[C@H](C#N)C(N)=O. The van der Waals surface area contributed by atoms with Gasteiger partial charge in [0.2, 0.25) is 11.0 Å². The summed E-state index contributed by atoms with van der Waals surface area (Å²) in [6.07, 6.45) is 0. The fourth-order valence-corrected chi connectivity index (χ4v) is 4.71. The number of nitrogens with zero attached hydrogens (tertiary/aromatic N) is 4. The normalized spacial score (nSPS) is 17.5. The molecule has 32 heavy (non-hydrogen) atoms. The fourth-order valence-electron chi connectivity index (χ4n) is 3.92. The van der Waals surface area contributed by atoms with Crippen molar-refractivity contribution in [1.29, 1.82) is 5.26 Å². The highest BCUT2D eigenvalue weighted by Gasteiger charge is 2.46. The van der Waals surface area contributed by atoms with Gasteiger partial charge in [0.25, 0.3) is 5.91 Å². The number of hydrogen-bond donors (Lipinski definition) is 1. The Morgan fingerprint density at radius 1 is 1.16 bits per heavy atom. The van der Waals surface area contributed by atoms with Crippen molar-refractivity contribution in [2.24, 2.45) is 22.7 Å². The molecule has 1 aromatic heterocycles. The third-order valence-electron chi connectivity index (χ3n) is 5.55. The van der Waals surface area contributed by atoms with Gasteiger partial charge in [0.05, 0.1) is 17.7 Å². The number of carbonyl (C=O) groups excluding carboxylic acids is 2. The Bertz CT molecular complexity index is 1230. The van der Waals surface area contributed by atoms with Crippen LogP contribution in [0.1, 0.15) is 24.0 Å². The molecule has 0 aliphatic carbocycles. The quantitative estimate of drug-likeness (QED) is 0.623. The summed E-state index contributed by atoms with van der Waals surface area (Å²) in [5.74, 6) is -3.80. The Kier molecular flexibility index (Phi) is 5.84. The summed E-state index contributed by atoms with van der Waals surface area (Å²) in [5.41, 5.74) is 9.58. The molecule has 3 atom stereocenters. The number of anilines is 1. The second-order valence-corrected chi connectivity index (χ2v) is 8.53. The van der Waals surface area contributed by atoms with Crippen LogP contribution in [0.2, 0.25) is 0 Å². The topological polar surface area (TPSA) is 112 Å². The molecule has 3 aromatic rings. The lowest BCUT2D eigenvalue weighted by molar-refractivity contribution is -0.123. The first-order valence-electron chi connectivity index (χ1n) is 10.1. The van der Waals surface area contributed by atoms with Crippen LogP contribution in [0, 0.1) is 30.1 Å². The Hall–Kier alpha value is -3.83. The molecule has 4 rings (SSSR count). The molecule has 0 radical (unpaired) electrons. The van der Waals surface area contributed by atoms with Crippen LogP contribution in [0.4, 0.5) is 5.13 Å². The zero-order valence-corrected chi connectivity index (χ0v) is 18.4. The van der Waals surface area contributed by atoms with Crippen molar-refractivity contribution >= 4 is 34.0 Å². The lowest BCUT2D eigenvalue weighted by Crippen LogP contribution is -2.38. The molecule has 0 unspecified atom stereocenters. The molecule has 2 aromatic carbocycles. The predicted octanol–water partition coefficient (Wildman–Crippen LogP) is 3.87. The van der Waals surface area contributed by atoms with Crippen LogP contribution in [0.25, 0.3) is 11.3 Å². The first-order chi connectivity index (χ1) is 15.4. The molecule has 0 spiro atoms. The lowest BCUT2D eigenvalue weighted by atomic mass is 9.75. The summed E-state index contributed by atoms with van der Waals surface area (Å²) in [5, 5.41) is 17.7. The van der Waals surface area contributed by atoms with Gasteiger partial charge in [0.1, 0.15) is 5.92 Å². The average molecular weight is 444 g/mol. The zero-order valence-electron chi connectivity index (χ0n) is 17.6. The number of nitriles is 1. The van der Waals surface area contributed by atoms with E-state index in [0.717, 1.165) is 16.8 Å². The molecule has 160 valence electrons. The number of primary amides is 1. The smallest absolute Gasteiger partial charge is 0.259 e. The number of rotatable bonds is 6. The molecule has 7 nitrogen and oxygen atoms in total. The molecule has 0 saturated carbocycles. The van der Waals surface area contributed by atoms with Crippen LogP contribution in [-0.4, -0.2) is 22.5 Å². The predicted molar refractivity (Wildman–Crippen MR) is 124 cm³/mol. The van der Waals surface area contributed by atoms with Crippen molar-refractivity contribution in [3.8, 4) is 17.3 Å². The Balaban J connectivity index is 1.69. The van der Waals surface area contributed by atoms with E-state index < -0.39 is 23.7 Å². The molecule has 2 N–H and O–H groups in total. The van der Waals surface area contributed by atoms with E-state index in [1.165, 1.54) is 16.3 Å². The monoisotopic (exact) mass is 443 g/mol. The number of benzene rings is 2. The van der Waals surface area contributed by atoms with Crippen molar-refractivity contribution < 1.29 is 9.59 Å². The minimum absolute atomic E-state index is 0.331. The van der Waals surface area contributed by atoms with Crippen molar-refractivity contribution in [3.63, 3.8) is 0 Å². The van der Waals surface area contributed by atoms with Crippen LogP contribution in [0.3, 0.4) is 0 Å². The number of thiazole rings is 1. The molecule has 0 bridgehead atoms. The Morgan fingerprint density at radius 2 is 1.84 bits per heavy atom. The minimum Gasteiger partial charge on any atom is -0.369 e. The molecule has 2 heterocycles. The summed E-state index contributed by atoms with van der Waals surface area (Å²) in [4.78, 5) is 30.2. The third kappa shape index (κ3) is 3.90. The van der Waals surface area contributed by atoms with E-state index in [0.29, 0.717) is 16.4 Å². The van der Waals surface area contributed by atoms with Gasteiger partial charge in [-0.1, -0.05) is 60.2 Å². The molecule has 1 aliphatic heterocycles. The zero-order chi connectivity index (χ0) is 22.8. The van der Waals surface area contributed by atoms with E-state index in [-0.39, 0.29) is 5.91 Å². The van der Waals surface area contributed by atoms with Gasteiger partial charge in [-0.15, -0.1) is 11.3 Å². The lowest BCUT2D eigenvalue weighted by Gasteiger charge is -2.25. The molecule has 2 amide bonds. The number of amides is 2. The van der Waals surface area contributed by atoms with Gasteiger partial charge < -0.3 is 5.73 Å². The van der Waals surface area contributed by atoms with Crippen LogP contribution in [0.5, 0.6) is 0 Å². The van der Waals surface area contributed by atoms with Gasteiger partial charge >= 0.3 is 0 Å². The average Bonchev–Trinajstić information content (AvgIpc) is 3.38. The summed E-state index contributed by atoms with van der Waals surface area (Å²) in [6, 6.07) is 19.0. The number of hydrogen-bond acceptors (Lipinski definition) is 6. The van der Waals surface area contributed by atoms with Gasteiger partial charge in [-0.05, 0) is 19.4 Å². The van der Waals surface area contributed by atoms with Crippen molar-refractivity contribution in [1.82, 2.24) is 4.98 Å². The molecule has 0 fully saturated rings. The summed E-state index contributed by atoms with van der Waals surface area (Å²) >= 11 is 1.31. The molecular weight excluding hydrogens is 422 g/mol. The molecule has 1 aliphatic rings. The van der Waals surface area contributed by atoms with Crippen LogP contribution in [0.15, 0.2) is 65.1 Å². The van der Waals surface area contributed by atoms with Gasteiger partial charge in [-0.2, -0.15) is 15.4 Å². The summed E-state index contributed by atoms with van der Waals surface area (Å²) in [7, 11) is 0. The van der Waals surface area contributed by atoms with Gasteiger partial charge in [0.15, 0.2) is 0 Å². The summed E-state index contributed by atoms with van der Waals surface area (Å²) in [6.45, 7) is 3.74. The van der Waals surface area contributed by atoms with E-state index in [2.05, 4.69) is 10.1 Å². The van der Waals surface area contributed by atoms with Crippen LogP contribution >= 0.6 is 11.3 Å². The Labute approximate surface area is 189 Å². The van der Waals surface area contributed by atoms with E-state index in [1.807, 2.05) is 48.7 Å². The Morgan fingerprint density at radius 3 is 2.47 bits per heavy atom. The van der Waals surface area contributed by atoms with E-state index in [1.54, 1.807) is 31.2 Å². The molecule has 8 heteroatoms. The second kappa shape index (κ2) is 8.73. The summed E-state index contributed by atoms with van der Waals surface area (Å²) < 4.78 is 0. The van der Waals surface area contributed by atoms with E-state index in [4.69, 9.17) is 5.73 Å². The number of aryl methyl sites for hydroxylation is 1. The highest BCUT2D eigenvalue weighted by molar-refractivity contribution is 7.14. The highest BCUT2D eigenvalue weighted by Crippen LogP contribution is 2.39. The first kappa shape index (κ1) is 21.4. The maximum absolute atomic E-state index is 13.5. The minimum atomic E-state index is -1.17. The largest absolute Gasteiger partial charge is 0.369 e. The second-order valence-electron chi connectivity index (χ2n) is 7.70. The molecular formula is C24H21N5O2S. The van der Waals surface area contributed by atoms with Crippen molar-refractivity contribution in [2.45, 2.75) is 19.8 Å². The highest BCUT2D eigenvalue weighted by atomic mass is 32.1. The standard InChI is InChI=1S/C24H21N5O2S/c1-14-8-10-16(11-9-14)19-13-32-24(27-19)29-23(31)20(15(2)28-29)21(18(12-25)22(26)30)17-6-4-3-5-7-17/h3-11,13,18,20-21H,1-2H3,(H2,26,30)/t18-,20-,21-/m0/s1. The number of nitrogens with two attached hydrogens (primary N) is 1. The number of hydrazone groups is 1. The van der Waals surface area contributed by atoms with Crippen molar-refractivity contribution in [3.05, 3.63) is 71.1 Å². The number of aromatic nitrogens is 1. The first-order valence-corrected chi connectivity index (χ1v) is 10.9. The van der Waals surface area contributed by atoms with E-state index >= 15 is 0 Å². The maximum atomic E-state index is 13.5. The number of carbonyl (C=O) groups is 2. The van der Waals surface area contributed by atoms with Gasteiger partial charge in [-0.25, -0.2) is 4.98 Å². The third-order valence-corrected chi connectivity index (χ3v) is 6.37. The maximum Gasteiger partial charge on any atom is 0.259 e. The van der Waals surface area contributed by atoms with Gasteiger partial charge in [0, 0.05) is 22.6 Å². The van der Waals surface area contributed by atoms with Crippen LogP contribution in [-0.2, 0) is 9.59 Å². The van der Waals surface area contributed by atoms with Gasteiger partial charge in [-0.3, -0.25) is 9.59 Å². The van der Waals surface area contributed by atoms with Crippen LogP contribution < -0.4 is 10.7 Å². The fraction of sp³-hybridized carbons (Fsp3) is 0.208.